The standard InChI is InChI=1S/C24H37N5O4/c1-15(2)26-23(33)28-17-11-12-29(19(30)14-24(3,4)5)20(17)22(32)27-18(21(25)31)13-16-9-7-6-8-10-16/h6-10,15,17-18,20H,11-14H2,1-5H3,(H2,25,31)(H,27,32)(H2,26,28,33)/t17-,18+,20-/m0/s1. The van der Waals surface area contributed by atoms with Crippen molar-refractivity contribution in [2.75, 3.05) is 6.54 Å². The molecule has 5 amide bonds. The van der Waals surface area contributed by atoms with Gasteiger partial charge in [0.2, 0.25) is 17.7 Å². The third-order valence-corrected chi connectivity index (χ3v) is 5.35. The van der Waals surface area contributed by atoms with Crippen molar-refractivity contribution < 1.29 is 19.2 Å². The van der Waals surface area contributed by atoms with Gasteiger partial charge in [0.05, 0.1) is 6.04 Å². The van der Waals surface area contributed by atoms with Crippen LogP contribution in [0.2, 0.25) is 0 Å². The Kier molecular flexibility index (Phi) is 8.84. The molecule has 1 heterocycles. The number of nitrogens with one attached hydrogen (secondary N) is 3. The summed E-state index contributed by atoms with van der Waals surface area (Å²) in [5.41, 5.74) is 6.15. The molecule has 0 bridgehead atoms. The molecule has 0 aromatic heterocycles. The van der Waals surface area contributed by atoms with Gasteiger partial charge in [-0.05, 0) is 31.2 Å². The van der Waals surface area contributed by atoms with Crippen molar-refractivity contribution in [2.45, 2.75) is 78.0 Å². The van der Waals surface area contributed by atoms with Gasteiger partial charge in [-0.2, -0.15) is 0 Å². The first-order valence-electron chi connectivity index (χ1n) is 11.4. The molecule has 0 spiro atoms. The molecule has 0 radical (unpaired) electrons. The van der Waals surface area contributed by atoms with Crippen molar-refractivity contribution in [3.63, 3.8) is 0 Å². The number of amides is 5. The van der Waals surface area contributed by atoms with E-state index in [0.29, 0.717) is 13.0 Å². The number of urea groups is 1. The van der Waals surface area contributed by atoms with Gasteiger partial charge >= 0.3 is 6.03 Å². The minimum atomic E-state index is -0.940. The molecule has 1 aliphatic heterocycles. The number of carbonyl (C=O) groups is 4. The van der Waals surface area contributed by atoms with E-state index in [9.17, 15) is 19.2 Å². The Morgan fingerprint density at radius 1 is 1.09 bits per heavy atom. The maximum Gasteiger partial charge on any atom is 0.315 e. The molecule has 1 fully saturated rings. The number of rotatable bonds is 8. The Balaban J connectivity index is 2.23. The summed E-state index contributed by atoms with van der Waals surface area (Å²) in [6.07, 6.45) is 0.918. The molecule has 182 valence electrons. The van der Waals surface area contributed by atoms with Gasteiger partial charge in [-0.3, -0.25) is 14.4 Å². The molecule has 9 nitrogen and oxygen atoms in total. The van der Waals surface area contributed by atoms with Crippen LogP contribution in [0.15, 0.2) is 30.3 Å². The fourth-order valence-corrected chi connectivity index (χ4v) is 3.90. The maximum absolute atomic E-state index is 13.4. The third-order valence-electron chi connectivity index (χ3n) is 5.35. The predicted octanol–water partition coefficient (Wildman–Crippen LogP) is 1.31. The van der Waals surface area contributed by atoms with E-state index in [1.165, 1.54) is 4.90 Å². The Labute approximate surface area is 195 Å². The van der Waals surface area contributed by atoms with E-state index in [-0.39, 0.29) is 30.2 Å². The number of likely N-dealkylation sites (tertiary alicyclic amines) is 1. The molecule has 5 N–H and O–H groups in total. The molecule has 2 rings (SSSR count). The van der Waals surface area contributed by atoms with Crippen LogP contribution in [0.3, 0.4) is 0 Å². The highest BCUT2D eigenvalue weighted by atomic mass is 16.2. The van der Waals surface area contributed by atoms with Gasteiger partial charge in [-0.15, -0.1) is 0 Å². The fraction of sp³-hybridized carbons (Fsp3) is 0.583. The van der Waals surface area contributed by atoms with Gasteiger partial charge in [0.25, 0.3) is 0 Å². The molecule has 0 unspecified atom stereocenters. The minimum absolute atomic E-state index is 0.0811. The summed E-state index contributed by atoms with van der Waals surface area (Å²) in [6.45, 7) is 9.84. The predicted molar refractivity (Wildman–Crippen MR) is 126 cm³/mol. The Bertz CT molecular complexity index is 850. The molecular formula is C24H37N5O4. The number of nitrogens with two attached hydrogens (primary N) is 1. The van der Waals surface area contributed by atoms with Crippen molar-refractivity contribution in [1.82, 2.24) is 20.9 Å². The number of hydrogen-bond acceptors (Lipinski definition) is 4. The van der Waals surface area contributed by atoms with Crippen LogP contribution in [-0.2, 0) is 20.8 Å². The summed E-state index contributed by atoms with van der Waals surface area (Å²) in [6, 6.07) is 6.28. The van der Waals surface area contributed by atoms with Gasteiger partial charge in [0, 0.05) is 25.4 Å². The van der Waals surface area contributed by atoms with Gasteiger partial charge in [0.1, 0.15) is 12.1 Å². The highest BCUT2D eigenvalue weighted by Crippen LogP contribution is 2.25. The number of hydrogen-bond donors (Lipinski definition) is 4. The molecule has 1 aliphatic rings. The van der Waals surface area contributed by atoms with Crippen molar-refractivity contribution in [2.24, 2.45) is 11.1 Å². The van der Waals surface area contributed by atoms with E-state index in [4.69, 9.17) is 5.73 Å². The van der Waals surface area contributed by atoms with E-state index >= 15 is 0 Å². The number of carbonyl (C=O) groups excluding carboxylic acids is 4. The smallest absolute Gasteiger partial charge is 0.315 e. The van der Waals surface area contributed by atoms with Crippen molar-refractivity contribution in [3.8, 4) is 0 Å². The zero-order chi connectivity index (χ0) is 24.8. The van der Waals surface area contributed by atoms with Gasteiger partial charge < -0.3 is 26.6 Å². The number of nitrogens with zero attached hydrogens (tertiary/aromatic N) is 1. The van der Waals surface area contributed by atoms with Crippen LogP contribution in [0, 0.1) is 5.41 Å². The van der Waals surface area contributed by atoms with Crippen molar-refractivity contribution in [3.05, 3.63) is 35.9 Å². The summed E-state index contributed by atoms with van der Waals surface area (Å²) >= 11 is 0. The van der Waals surface area contributed by atoms with E-state index < -0.39 is 36.0 Å². The van der Waals surface area contributed by atoms with Crippen molar-refractivity contribution in [1.29, 1.82) is 0 Å². The molecule has 1 aromatic carbocycles. The fourth-order valence-electron chi connectivity index (χ4n) is 3.90. The Morgan fingerprint density at radius 3 is 2.27 bits per heavy atom. The molecule has 1 saturated heterocycles. The SMILES string of the molecule is CC(C)NC(=O)N[C@H]1CCN(C(=O)CC(C)(C)C)[C@@H]1C(=O)N[C@H](Cc1ccccc1)C(N)=O. The van der Waals surface area contributed by atoms with E-state index in [2.05, 4.69) is 16.0 Å². The van der Waals surface area contributed by atoms with Gasteiger partial charge in [-0.25, -0.2) is 4.79 Å². The Hall–Kier alpha value is -3.10. The number of primary amides is 1. The normalized spacial score (nSPS) is 19.2. The lowest BCUT2D eigenvalue weighted by Gasteiger charge is -2.31. The lowest BCUT2D eigenvalue weighted by molar-refractivity contribution is -0.141. The maximum atomic E-state index is 13.4. The highest BCUT2D eigenvalue weighted by molar-refractivity contribution is 5.93. The third kappa shape index (κ3) is 8.07. The van der Waals surface area contributed by atoms with Gasteiger partial charge in [0.15, 0.2) is 0 Å². The summed E-state index contributed by atoms with van der Waals surface area (Å²) in [5, 5.41) is 8.28. The molecule has 0 aliphatic carbocycles. The quantitative estimate of drug-likeness (QED) is 0.466. The molecule has 9 heteroatoms. The lowest BCUT2D eigenvalue weighted by Crippen LogP contribution is -2.59. The second kappa shape index (κ2) is 11.2. The van der Waals surface area contributed by atoms with Crippen LogP contribution in [0.4, 0.5) is 4.79 Å². The Morgan fingerprint density at radius 2 is 1.73 bits per heavy atom. The zero-order valence-corrected chi connectivity index (χ0v) is 20.2. The number of benzene rings is 1. The first-order valence-corrected chi connectivity index (χ1v) is 11.4. The zero-order valence-electron chi connectivity index (χ0n) is 20.2. The molecule has 0 saturated carbocycles. The van der Waals surface area contributed by atoms with Crippen LogP contribution in [0.25, 0.3) is 0 Å². The first-order chi connectivity index (χ1) is 15.4. The van der Waals surface area contributed by atoms with Gasteiger partial charge in [-0.1, -0.05) is 51.1 Å². The molecular weight excluding hydrogens is 422 g/mol. The lowest BCUT2D eigenvalue weighted by atomic mass is 9.91. The molecule has 3 atom stereocenters. The highest BCUT2D eigenvalue weighted by Gasteiger charge is 2.44. The topological polar surface area (TPSA) is 134 Å². The monoisotopic (exact) mass is 459 g/mol. The van der Waals surface area contributed by atoms with Crippen LogP contribution < -0.4 is 21.7 Å². The summed E-state index contributed by atoms with van der Waals surface area (Å²) in [5.74, 6) is -1.35. The molecule has 1 aromatic rings. The first kappa shape index (κ1) is 26.2. The van der Waals surface area contributed by atoms with Crippen LogP contribution >= 0.6 is 0 Å². The average molecular weight is 460 g/mol. The van der Waals surface area contributed by atoms with E-state index in [0.717, 1.165) is 5.56 Å². The van der Waals surface area contributed by atoms with Crippen LogP contribution in [-0.4, -0.2) is 59.4 Å². The average Bonchev–Trinajstić information content (AvgIpc) is 3.09. The second-order valence-corrected chi connectivity index (χ2v) is 10.1. The largest absolute Gasteiger partial charge is 0.368 e. The summed E-state index contributed by atoms with van der Waals surface area (Å²) in [4.78, 5) is 52.3. The van der Waals surface area contributed by atoms with Crippen molar-refractivity contribution >= 4 is 23.8 Å². The minimum Gasteiger partial charge on any atom is -0.368 e. The van der Waals surface area contributed by atoms with E-state index in [1.807, 2.05) is 65.0 Å². The molecule has 33 heavy (non-hydrogen) atoms. The second-order valence-electron chi connectivity index (χ2n) is 10.1. The van der Waals surface area contributed by atoms with E-state index in [1.54, 1.807) is 0 Å². The van der Waals surface area contributed by atoms with Crippen LogP contribution in [0.1, 0.15) is 53.0 Å². The summed E-state index contributed by atoms with van der Waals surface area (Å²) < 4.78 is 0. The van der Waals surface area contributed by atoms with Crippen LogP contribution in [0.5, 0.6) is 0 Å². The summed E-state index contributed by atoms with van der Waals surface area (Å²) in [7, 11) is 0.